The first-order valence-electron chi connectivity index (χ1n) is 6.11. The van der Waals surface area contributed by atoms with E-state index in [1.807, 2.05) is 19.9 Å². The van der Waals surface area contributed by atoms with Gasteiger partial charge in [-0.15, -0.1) is 0 Å². The van der Waals surface area contributed by atoms with E-state index >= 15 is 0 Å². The van der Waals surface area contributed by atoms with Crippen molar-refractivity contribution in [3.05, 3.63) is 24.0 Å². The Balaban J connectivity index is 2.63. The smallest absolute Gasteiger partial charge is 0.242 e. The van der Waals surface area contributed by atoms with E-state index in [2.05, 4.69) is 14.6 Å². The number of likely N-dealkylation sites (N-methyl/N-ethyl adjacent to an activating group) is 1. The molecule has 1 heterocycles. The molecule has 0 aromatic carbocycles. The van der Waals surface area contributed by atoms with Crippen molar-refractivity contribution >= 4 is 10.0 Å². The van der Waals surface area contributed by atoms with Crippen LogP contribution < -0.4 is 4.72 Å². The fraction of sp³-hybridized carbons (Fsp3) is 0.500. The van der Waals surface area contributed by atoms with Crippen molar-refractivity contribution in [1.82, 2.24) is 14.6 Å². The lowest BCUT2D eigenvalue weighted by molar-refractivity contribution is 0.309. The molecule has 0 bridgehead atoms. The summed E-state index contributed by atoms with van der Waals surface area (Å²) in [6, 6.07) is 4.61. The van der Waals surface area contributed by atoms with Gasteiger partial charge in [-0.05, 0) is 25.2 Å². The average Bonchev–Trinajstić information content (AvgIpc) is 2.43. The second-order valence-corrected chi connectivity index (χ2v) is 5.68. The molecular weight excluding hydrogens is 264 g/mol. The Hall–Kier alpha value is -1.49. The molecule has 1 aromatic rings. The predicted octanol–water partition coefficient (Wildman–Crippen LogP) is 0.573. The molecule has 0 atom stereocenters. The van der Waals surface area contributed by atoms with Crippen LogP contribution in [0, 0.1) is 11.3 Å². The Morgan fingerprint density at radius 1 is 1.37 bits per heavy atom. The lowest BCUT2D eigenvalue weighted by atomic mass is 10.4. The molecule has 0 spiro atoms. The summed E-state index contributed by atoms with van der Waals surface area (Å²) in [5.41, 5.74) is 0.196. The lowest BCUT2D eigenvalue weighted by Gasteiger charge is -2.17. The van der Waals surface area contributed by atoms with Gasteiger partial charge in [-0.25, -0.2) is 18.1 Å². The molecule has 0 unspecified atom stereocenters. The first-order chi connectivity index (χ1) is 9.03. The summed E-state index contributed by atoms with van der Waals surface area (Å²) < 4.78 is 26.4. The van der Waals surface area contributed by atoms with Gasteiger partial charge in [0.2, 0.25) is 10.0 Å². The van der Waals surface area contributed by atoms with Crippen LogP contribution in [-0.2, 0) is 10.0 Å². The van der Waals surface area contributed by atoms with Crippen LogP contribution >= 0.6 is 0 Å². The summed E-state index contributed by atoms with van der Waals surface area (Å²) in [5, 5.41) is 8.60. The minimum Gasteiger partial charge on any atom is -0.303 e. The molecule has 1 N–H and O–H groups in total. The van der Waals surface area contributed by atoms with Crippen LogP contribution in [0.1, 0.15) is 19.5 Å². The molecule has 0 fully saturated rings. The molecule has 0 aliphatic heterocycles. The molecule has 0 radical (unpaired) electrons. The molecular formula is C12H18N4O2S. The standard InChI is InChI=1S/C12H18N4O2S/c1-3-16(4-2)8-7-15-19(17,18)12-6-5-11(9-13)14-10-12/h5-6,10,15H,3-4,7-8H2,1-2H3. The summed E-state index contributed by atoms with van der Waals surface area (Å²) in [6.07, 6.45) is 1.19. The van der Waals surface area contributed by atoms with Crippen molar-refractivity contribution < 1.29 is 8.42 Å². The third-order valence-electron chi connectivity index (χ3n) is 2.78. The molecule has 0 aliphatic rings. The third-order valence-corrected chi connectivity index (χ3v) is 4.22. The van der Waals surface area contributed by atoms with Gasteiger partial charge in [0.25, 0.3) is 0 Å². The Morgan fingerprint density at radius 2 is 2.05 bits per heavy atom. The summed E-state index contributed by atoms with van der Waals surface area (Å²) in [4.78, 5) is 5.95. The minimum atomic E-state index is -3.55. The van der Waals surface area contributed by atoms with Gasteiger partial charge in [0.15, 0.2) is 0 Å². The van der Waals surface area contributed by atoms with Gasteiger partial charge in [0.1, 0.15) is 16.7 Å². The van der Waals surface area contributed by atoms with Crippen LogP contribution in [0.2, 0.25) is 0 Å². The van der Waals surface area contributed by atoms with E-state index in [0.717, 1.165) is 13.1 Å². The molecule has 0 amide bonds. The van der Waals surface area contributed by atoms with E-state index in [1.54, 1.807) is 0 Å². The lowest BCUT2D eigenvalue weighted by Crippen LogP contribution is -2.34. The summed E-state index contributed by atoms with van der Waals surface area (Å²) >= 11 is 0. The van der Waals surface area contributed by atoms with E-state index in [1.165, 1.54) is 18.3 Å². The number of hydrogen-bond donors (Lipinski definition) is 1. The van der Waals surface area contributed by atoms with Crippen molar-refractivity contribution in [3.63, 3.8) is 0 Å². The molecule has 1 aromatic heterocycles. The Kier molecular flexibility index (Phi) is 5.89. The number of sulfonamides is 1. The first-order valence-corrected chi connectivity index (χ1v) is 7.60. The maximum absolute atomic E-state index is 11.9. The molecule has 0 aliphatic carbocycles. The van der Waals surface area contributed by atoms with E-state index in [-0.39, 0.29) is 10.6 Å². The second-order valence-electron chi connectivity index (χ2n) is 3.92. The molecule has 0 saturated heterocycles. The Morgan fingerprint density at radius 3 is 2.53 bits per heavy atom. The molecule has 7 heteroatoms. The molecule has 1 rings (SSSR count). The van der Waals surface area contributed by atoms with Crippen LogP contribution in [0.25, 0.3) is 0 Å². The van der Waals surface area contributed by atoms with Crippen LogP contribution in [0.4, 0.5) is 0 Å². The van der Waals surface area contributed by atoms with Crippen molar-refractivity contribution in [1.29, 1.82) is 5.26 Å². The van der Waals surface area contributed by atoms with E-state index in [9.17, 15) is 8.42 Å². The number of rotatable bonds is 7. The highest BCUT2D eigenvalue weighted by Crippen LogP contribution is 2.06. The van der Waals surface area contributed by atoms with Gasteiger partial charge >= 0.3 is 0 Å². The number of hydrogen-bond acceptors (Lipinski definition) is 5. The Labute approximate surface area is 114 Å². The Bertz CT molecular complexity index is 530. The van der Waals surface area contributed by atoms with Crippen LogP contribution in [0.3, 0.4) is 0 Å². The molecule has 104 valence electrons. The quantitative estimate of drug-likeness (QED) is 0.790. The first kappa shape index (κ1) is 15.6. The fourth-order valence-electron chi connectivity index (χ4n) is 1.57. The van der Waals surface area contributed by atoms with Gasteiger partial charge in [-0.1, -0.05) is 13.8 Å². The van der Waals surface area contributed by atoms with Crippen molar-refractivity contribution in [2.45, 2.75) is 18.7 Å². The van der Waals surface area contributed by atoms with Crippen LogP contribution in [0.5, 0.6) is 0 Å². The highest BCUT2D eigenvalue weighted by atomic mass is 32.2. The summed E-state index contributed by atoms with van der Waals surface area (Å²) in [6.45, 7) is 6.85. The topological polar surface area (TPSA) is 86.1 Å². The van der Waals surface area contributed by atoms with Crippen LogP contribution in [0.15, 0.2) is 23.2 Å². The zero-order chi connectivity index (χ0) is 14.3. The number of nitriles is 1. The van der Waals surface area contributed by atoms with Gasteiger partial charge in [0, 0.05) is 19.3 Å². The predicted molar refractivity (Wildman–Crippen MR) is 71.9 cm³/mol. The van der Waals surface area contributed by atoms with Crippen molar-refractivity contribution in [3.8, 4) is 6.07 Å². The van der Waals surface area contributed by atoms with Crippen LogP contribution in [-0.4, -0.2) is 44.5 Å². The zero-order valence-electron chi connectivity index (χ0n) is 11.1. The summed E-state index contributed by atoms with van der Waals surface area (Å²) in [7, 11) is -3.55. The maximum atomic E-state index is 11.9. The highest BCUT2D eigenvalue weighted by Gasteiger charge is 2.14. The normalized spacial score (nSPS) is 11.5. The molecule has 19 heavy (non-hydrogen) atoms. The zero-order valence-corrected chi connectivity index (χ0v) is 11.9. The number of pyridine rings is 1. The number of aromatic nitrogens is 1. The highest BCUT2D eigenvalue weighted by molar-refractivity contribution is 7.89. The second kappa shape index (κ2) is 7.19. The van der Waals surface area contributed by atoms with E-state index < -0.39 is 10.0 Å². The molecule has 0 saturated carbocycles. The SMILES string of the molecule is CCN(CC)CCNS(=O)(=O)c1ccc(C#N)nc1. The monoisotopic (exact) mass is 282 g/mol. The minimum absolute atomic E-state index is 0.0750. The number of nitrogens with zero attached hydrogens (tertiary/aromatic N) is 3. The van der Waals surface area contributed by atoms with E-state index in [4.69, 9.17) is 5.26 Å². The largest absolute Gasteiger partial charge is 0.303 e. The van der Waals surface area contributed by atoms with Gasteiger partial charge < -0.3 is 4.90 Å². The van der Waals surface area contributed by atoms with Gasteiger partial charge in [-0.3, -0.25) is 0 Å². The summed E-state index contributed by atoms with van der Waals surface area (Å²) in [5.74, 6) is 0. The van der Waals surface area contributed by atoms with E-state index in [0.29, 0.717) is 13.1 Å². The third kappa shape index (κ3) is 4.59. The molecule has 6 nitrogen and oxygen atoms in total. The number of nitrogens with one attached hydrogen (secondary N) is 1. The van der Waals surface area contributed by atoms with Gasteiger partial charge in [-0.2, -0.15) is 5.26 Å². The van der Waals surface area contributed by atoms with Crippen molar-refractivity contribution in [2.75, 3.05) is 26.2 Å². The maximum Gasteiger partial charge on any atom is 0.242 e. The fourth-order valence-corrected chi connectivity index (χ4v) is 2.53. The average molecular weight is 282 g/mol. The van der Waals surface area contributed by atoms with Gasteiger partial charge in [0.05, 0.1) is 0 Å². The van der Waals surface area contributed by atoms with Crippen molar-refractivity contribution in [2.24, 2.45) is 0 Å².